The summed E-state index contributed by atoms with van der Waals surface area (Å²) in [7, 11) is 1.79. The zero-order chi connectivity index (χ0) is 12.7. The van der Waals surface area contributed by atoms with Gasteiger partial charge in [0, 0.05) is 6.54 Å². The topological polar surface area (TPSA) is 50.4 Å². The third kappa shape index (κ3) is 5.04. The van der Waals surface area contributed by atoms with Gasteiger partial charge in [0.2, 0.25) is 5.91 Å². The number of amides is 1. The van der Waals surface area contributed by atoms with Crippen LogP contribution in [0.4, 0.5) is 0 Å². The largest absolute Gasteiger partial charge is 0.376 e. The van der Waals surface area contributed by atoms with Crippen molar-refractivity contribution in [2.75, 3.05) is 20.2 Å². The van der Waals surface area contributed by atoms with Crippen LogP contribution in [-0.4, -0.2) is 37.7 Å². The van der Waals surface area contributed by atoms with E-state index in [4.69, 9.17) is 4.74 Å². The molecule has 0 aromatic rings. The average molecular weight is 242 g/mol. The Bertz CT molecular complexity index is 236. The number of nitrogens with one attached hydrogen (secondary N) is 2. The van der Waals surface area contributed by atoms with Crippen LogP contribution >= 0.6 is 0 Å². The number of carbonyl (C=O) groups is 1. The van der Waals surface area contributed by atoms with E-state index in [1.165, 1.54) is 32.1 Å². The van der Waals surface area contributed by atoms with E-state index in [0.717, 1.165) is 0 Å². The molecule has 1 fully saturated rings. The van der Waals surface area contributed by atoms with Gasteiger partial charge in [-0.05, 0) is 33.7 Å². The van der Waals surface area contributed by atoms with E-state index in [-0.39, 0.29) is 5.91 Å². The highest BCUT2D eigenvalue weighted by Gasteiger charge is 2.24. The molecule has 0 bridgehead atoms. The molecule has 4 heteroatoms. The standard InChI is InChI=1S/C13H26N2O2/c1-13(2,14-3)12(16)15-9-10-17-11-7-5-4-6-8-11/h11,14H,4-10H2,1-3H3,(H,15,16). The maximum atomic E-state index is 11.7. The molecule has 2 N–H and O–H groups in total. The lowest BCUT2D eigenvalue weighted by molar-refractivity contribution is -0.126. The Morgan fingerprint density at radius 1 is 1.29 bits per heavy atom. The summed E-state index contributed by atoms with van der Waals surface area (Å²) in [6.07, 6.45) is 6.67. The van der Waals surface area contributed by atoms with Crippen molar-refractivity contribution in [1.82, 2.24) is 10.6 Å². The van der Waals surface area contributed by atoms with Crippen LogP contribution in [0, 0.1) is 0 Å². The van der Waals surface area contributed by atoms with Crippen molar-refractivity contribution < 1.29 is 9.53 Å². The number of hydrogen-bond acceptors (Lipinski definition) is 3. The van der Waals surface area contributed by atoms with Crippen molar-refractivity contribution in [3.05, 3.63) is 0 Å². The molecule has 0 heterocycles. The number of carbonyl (C=O) groups excluding carboxylic acids is 1. The number of likely N-dealkylation sites (N-methyl/N-ethyl adjacent to an activating group) is 1. The van der Waals surface area contributed by atoms with E-state index in [1.807, 2.05) is 13.8 Å². The minimum absolute atomic E-state index is 0.0206. The quantitative estimate of drug-likeness (QED) is 0.693. The van der Waals surface area contributed by atoms with E-state index < -0.39 is 5.54 Å². The highest BCUT2D eigenvalue weighted by Crippen LogP contribution is 2.19. The van der Waals surface area contributed by atoms with Gasteiger partial charge in [-0.15, -0.1) is 0 Å². The molecule has 0 spiro atoms. The summed E-state index contributed by atoms with van der Waals surface area (Å²) >= 11 is 0. The molecule has 100 valence electrons. The van der Waals surface area contributed by atoms with Gasteiger partial charge in [-0.3, -0.25) is 4.79 Å². The second kappa shape index (κ2) is 6.97. The van der Waals surface area contributed by atoms with Crippen molar-refractivity contribution in [3.8, 4) is 0 Å². The Morgan fingerprint density at radius 3 is 2.53 bits per heavy atom. The first-order valence-electron chi connectivity index (χ1n) is 6.65. The smallest absolute Gasteiger partial charge is 0.239 e. The SMILES string of the molecule is CNC(C)(C)C(=O)NCCOC1CCCCC1. The molecular formula is C13H26N2O2. The van der Waals surface area contributed by atoms with Gasteiger partial charge in [-0.2, -0.15) is 0 Å². The van der Waals surface area contributed by atoms with Gasteiger partial charge in [0.1, 0.15) is 0 Å². The van der Waals surface area contributed by atoms with Gasteiger partial charge in [0.15, 0.2) is 0 Å². The molecule has 0 radical (unpaired) electrons. The van der Waals surface area contributed by atoms with Crippen molar-refractivity contribution in [2.45, 2.75) is 57.6 Å². The summed E-state index contributed by atoms with van der Waals surface area (Å²) < 4.78 is 5.74. The lowest BCUT2D eigenvalue weighted by Gasteiger charge is -2.24. The van der Waals surface area contributed by atoms with Crippen LogP contribution in [0.3, 0.4) is 0 Å². The van der Waals surface area contributed by atoms with Crippen LogP contribution in [0.2, 0.25) is 0 Å². The number of hydrogen-bond donors (Lipinski definition) is 2. The summed E-state index contributed by atoms with van der Waals surface area (Å²) in [5, 5.41) is 5.87. The Morgan fingerprint density at radius 2 is 1.94 bits per heavy atom. The minimum atomic E-state index is -0.509. The molecule has 4 nitrogen and oxygen atoms in total. The minimum Gasteiger partial charge on any atom is -0.376 e. The fraction of sp³-hybridized carbons (Fsp3) is 0.923. The van der Waals surface area contributed by atoms with E-state index in [2.05, 4.69) is 10.6 Å². The first-order valence-corrected chi connectivity index (χ1v) is 6.65. The Labute approximate surface area is 104 Å². The lowest BCUT2D eigenvalue weighted by atomic mass is 9.98. The molecule has 0 aromatic carbocycles. The van der Waals surface area contributed by atoms with Gasteiger partial charge in [-0.1, -0.05) is 19.3 Å². The van der Waals surface area contributed by atoms with Crippen molar-refractivity contribution in [2.24, 2.45) is 0 Å². The Balaban J connectivity index is 2.09. The molecule has 17 heavy (non-hydrogen) atoms. The molecule has 0 saturated heterocycles. The summed E-state index contributed by atoms with van der Waals surface area (Å²) in [5.41, 5.74) is -0.509. The monoisotopic (exact) mass is 242 g/mol. The lowest BCUT2D eigenvalue weighted by Crippen LogP contribution is -2.51. The third-order valence-electron chi connectivity index (χ3n) is 3.49. The van der Waals surface area contributed by atoms with E-state index in [0.29, 0.717) is 19.3 Å². The maximum absolute atomic E-state index is 11.7. The molecule has 1 aliphatic carbocycles. The molecule has 0 aromatic heterocycles. The maximum Gasteiger partial charge on any atom is 0.239 e. The molecule has 0 unspecified atom stereocenters. The molecular weight excluding hydrogens is 216 g/mol. The predicted octanol–water partition coefficient (Wildman–Crippen LogP) is 1.45. The molecule has 0 aliphatic heterocycles. The fourth-order valence-electron chi connectivity index (χ4n) is 1.96. The molecule has 1 aliphatic rings. The van der Waals surface area contributed by atoms with Gasteiger partial charge in [0.05, 0.1) is 18.2 Å². The second-order valence-corrected chi connectivity index (χ2v) is 5.26. The summed E-state index contributed by atoms with van der Waals surface area (Å²) in [5.74, 6) is 0.0206. The summed E-state index contributed by atoms with van der Waals surface area (Å²) in [6.45, 7) is 4.95. The Hall–Kier alpha value is -0.610. The van der Waals surface area contributed by atoms with E-state index in [1.54, 1.807) is 7.05 Å². The van der Waals surface area contributed by atoms with Crippen molar-refractivity contribution in [1.29, 1.82) is 0 Å². The van der Waals surface area contributed by atoms with Crippen molar-refractivity contribution >= 4 is 5.91 Å². The van der Waals surface area contributed by atoms with Crippen LogP contribution < -0.4 is 10.6 Å². The Kier molecular flexibility index (Phi) is 5.92. The first-order chi connectivity index (χ1) is 8.06. The molecule has 0 atom stereocenters. The summed E-state index contributed by atoms with van der Waals surface area (Å²) in [4.78, 5) is 11.7. The summed E-state index contributed by atoms with van der Waals surface area (Å²) in [6, 6.07) is 0. The van der Waals surface area contributed by atoms with Gasteiger partial charge in [0.25, 0.3) is 0 Å². The van der Waals surface area contributed by atoms with Crippen molar-refractivity contribution in [3.63, 3.8) is 0 Å². The first kappa shape index (κ1) is 14.5. The van der Waals surface area contributed by atoms with E-state index in [9.17, 15) is 4.79 Å². The van der Waals surface area contributed by atoms with Crippen LogP contribution in [-0.2, 0) is 9.53 Å². The predicted molar refractivity (Wildman–Crippen MR) is 69.0 cm³/mol. The van der Waals surface area contributed by atoms with Gasteiger partial charge in [-0.25, -0.2) is 0 Å². The molecule has 1 saturated carbocycles. The van der Waals surface area contributed by atoms with Crippen LogP contribution in [0.15, 0.2) is 0 Å². The second-order valence-electron chi connectivity index (χ2n) is 5.26. The van der Waals surface area contributed by atoms with Crippen LogP contribution in [0.1, 0.15) is 46.0 Å². The normalized spacial score (nSPS) is 18.1. The molecule has 1 amide bonds. The number of rotatable bonds is 6. The highest BCUT2D eigenvalue weighted by molar-refractivity contribution is 5.85. The van der Waals surface area contributed by atoms with Gasteiger partial charge >= 0.3 is 0 Å². The fourth-order valence-corrected chi connectivity index (χ4v) is 1.96. The van der Waals surface area contributed by atoms with Crippen LogP contribution in [0.5, 0.6) is 0 Å². The van der Waals surface area contributed by atoms with E-state index >= 15 is 0 Å². The number of ether oxygens (including phenoxy) is 1. The average Bonchev–Trinajstić information content (AvgIpc) is 2.35. The zero-order valence-corrected chi connectivity index (χ0v) is 11.3. The zero-order valence-electron chi connectivity index (χ0n) is 11.3. The molecule has 1 rings (SSSR count). The van der Waals surface area contributed by atoms with Crippen LogP contribution in [0.25, 0.3) is 0 Å². The highest BCUT2D eigenvalue weighted by atomic mass is 16.5. The van der Waals surface area contributed by atoms with Gasteiger partial charge < -0.3 is 15.4 Å². The third-order valence-corrected chi connectivity index (χ3v) is 3.49.